The molecule has 0 aromatic heterocycles. The van der Waals surface area contributed by atoms with Crippen LogP contribution in [0.3, 0.4) is 0 Å². The first-order valence-electron chi connectivity index (χ1n) is 9.40. The van der Waals surface area contributed by atoms with Gasteiger partial charge < -0.3 is 14.2 Å². The fraction of sp³-hybridized carbons (Fsp3) is 1.00. The lowest BCUT2D eigenvalue weighted by Gasteiger charge is -2.56. The molecule has 4 heteroatoms. The van der Waals surface area contributed by atoms with E-state index in [1.165, 1.54) is 38.5 Å². The summed E-state index contributed by atoms with van der Waals surface area (Å²) in [6.45, 7) is 5.97. The van der Waals surface area contributed by atoms with Crippen molar-refractivity contribution in [1.29, 1.82) is 0 Å². The molecule has 0 N–H and O–H groups in total. The molecule has 4 nitrogen and oxygen atoms in total. The van der Waals surface area contributed by atoms with E-state index in [1.54, 1.807) is 0 Å². The number of ether oxygens (including phenoxy) is 3. The minimum absolute atomic E-state index is 0.108. The Morgan fingerprint density at radius 3 is 2.50 bits per heavy atom. The Bertz CT molecular complexity index is 357. The molecule has 3 heterocycles. The lowest BCUT2D eigenvalue weighted by Crippen LogP contribution is -2.68. The first-order valence-corrected chi connectivity index (χ1v) is 9.40. The van der Waals surface area contributed by atoms with Gasteiger partial charge in [-0.15, -0.1) is 0 Å². The van der Waals surface area contributed by atoms with Gasteiger partial charge in [-0.25, -0.2) is 0 Å². The highest BCUT2D eigenvalue weighted by molar-refractivity contribution is 5.03. The Hall–Kier alpha value is -0.160. The van der Waals surface area contributed by atoms with Gasteiger partial charge in [-0.3, -0.25) is 4.90 Å². The molecular formula is C18H31NO3. The molecule has 1 atom stereocenters. The second-order valence-corrected chi connectivity index (χ2v) is 7.88. The van der Waals surface area contributed by atoms with E-state index in [1.807, 2.05) is 0 Å². The maximum Gasteiger partial charge on any atom is 0.0959 e. The van der Waals surface area contributed by atoms with Gasteiger partial charge in [0.1, 0.15) is 0 Å². The number of nitrogens with zero attached hydrogens (tertiary/aromatic N) is 1. The molecule has 4 rings (SSSR count). The van der Waals surface area contributed by atoms with Crippen molar-refractivity contribution in [2.24, 2.45) is 5.92 Å². The van der Waals surface area contributed by atoms with E-state index in [2.05, 4.69) is 4.90 Å². The average molecular weight is 309 g/mol. The van der Waals surface area contributed by atoms with E-state index in [0.29, 0.717) is 6.10 Å². The number of hydrogen-bond donors (Lipinski definition) is 0. The number of rotatable bonds is 4. The summed E-state index contributed by atoms with van der Waals surface area (Å²) in [7, 11) is 0. The van der Waals surface area contributed by atoms with Crippen LogP contribution in [0.4, 0.5) is 0 Å². The van der Waals surface area contributed by atoms with Gasteiger partial charge in [0.15, 0.2) is 0 Å². The van der Waals surface area contributed by atoms with Gasteiger partial charge in [-0.2, -0.15) is 0 Å². The Balaban J connectivity index is 1.23. The van der Waals surface area contributed by atoms with Crippen LogP contribution in [0.1, 0.15) is 51.4 Å². The summed E-state index contributed by atoms with van der Waals surface area (Å²) < 4.78 is 17.9. The Morgan fingerprint density at radius 2 is 1.73 bits per heavy atom. The number of likely N-dealkylation sites (tertiary alicyclic amines) is 1. The molecule has 0 amide bonds. The standard InChI is InChI=1S/C18H31NO3/c1-2-4-15(3-1)12-21-17-7-10-22-18(11-17)13-19(14-18)16-5-8-20-9-6-16/h15-17H,1-14H2/t17-/m0/s1. The summed E-state index contributed by atoms with van der Waals surface area (Å²) in [5.74, 6) is 0.832. The minimum Gasteiger partial charge on any atom is -0.381 e. The summed E-state index contributed by atoms with van der Waals surface area (Å²) in [6.07, 6.45) is 10.6. The first-order chi connectivity index (χ1) is 10.8. The first kappa shape index (κ1) is 15.4. The molecule has 0 unspecified atom stereocenters. The van der Waals surface area contributed by atoms with Gasteiger partial charge >= 0.3 is 0 Å². The highest BCUT2D eigenvalue weighted by Crippen LogP contribution is 2.38. The van der Waals surface area contributed by atoms with Crippen molar-refractivity contribution in [2.75, 3.05) is 39.5 Å². The van der Waals surface area contributed by atoms with E-state index in [-0.39, 0.29) is 5.60 Å². The normalized spacial score (nSPS) is 34.1. The van der Waals surface area contributed by atoms with Crippen molar-refractivity contribution in [3.05, 3.63) is 0 Å². The average Bonchev–Trinajstić information content (AvgIpc) is 3.05. The minimum atomic E-state index is 0.108. The zero-order valence-corrected chi connectivity index (χ0v) is 13.8. The largest absolute Gasteiger partial charge is 0.381 e. The molecule has 4 aliphatic rings. The van der Waals surface area contributed by atoms with E-state index in [4.69, 9.17) is 14.2 Å². The fourth-order valence-electron chi connectivity index (χ4n) is 4.80. The molecule has 22 heavy (non-hydrogen) atoms. The van der Waals surface area contributed by atoms with Crippen molar-refractivity contribution < 1.29 is 14.2 Å². The highest BCUT2D eigenvalue weighted by Gasteiger charge is 2.49. The molecule has 1 spiro atoms. The van der Waals surface area contributed by atoms with Crippen molar-refractivity contribution >= 4 is 0 Å². The SMILES string of the molecule is C1CCC(CO[C@H]2CCOC3(C2)CN(C2CCOCC2)C3)C1. The van der Waals surface area contributed by atoms with Crippen LogP contribution < -0.4 is 0 Å². The van der Waals surface area contributed by atoms with E-state index < -0.39 is 0 Å². The highest BCUT2D eigenvalue weighted by atomic mass is 16.5. The summed E-state index contributed by atoms with van der Waals surface area (Å²) >= 11 is 0. The molecule has 0 bridgehead atoms. The summed E-state index contributed by atoms with van der Waals surface area (Å²) in [5, 5.41) is 0. The van der Waals surface area contributed by atoms with Gasteiger partial charge in [-0.05, 0) is 38.0 Å². The van der Waals surface area contributed by atoms with Crippen LogP contribution >= 0.6 is 0 Å². The van der Waals surface area contributed by atoms with Crippen LogP contribution in [0.25, 0.3) is 0 Å². The molecule has 4 fully saturated rings. The van der Waals surface area contributed by atoms with Crippen molar-refractivity contribution in [3.63, 3.8) is 0 Å². The second-order valence-electron chi connectivity index (χ2n) is 7.88. The smallest absolute Gasteiger partial charge is 0.0959 e. The predicted octanol–water partition coefficient (Wildman–Crippen LogP) is 2.61. The molecule has 0 aromatic rings. The third kappa shape index (κ3) is 3.35. The quantitative estimate of drug-likeness (QED) is 0.799. The summed E-state index contributed by atoms with van der Waals surface area (Å²) in [6, 6.07) is 0.725. The maximum absolute atomic E-state index is 6.26. The Kier molecular flexibility index (Phi) is 4.72. The third-order valence-corrected chi connectivity index (χ3v) is 6.18. The van der Waals surface area contributed by atoms with Gasteiger partial charge in [-0.1, -0.05) is 12.8 Å². The monoisotopic (exact) mass is 309 g/mol. The molecule has 0 aromatic carbocycles. The van der Waals surface area contributed by atoms with Gasteiger partial charge in [0.25, 0.3) is 0 Å². The molecule has 1 aliphatic carbocycles. The van der Waals surface area contributed by atoms with Crippen LogP contribution in [0.15, 0.2) is 0 Å². The lowest BCUT2D eigenvalue weighted by atomic mass is 9.82. The lowest BCUT2D eigenvalue weighted by molar-refractivity contribution is -0.210. The van der Waals surface area contributed by atoms with Crippen LogP contribution in [0.5, 0.6) is 0 Å². The van der Waals surface area contributed by atoms with Gasteiger partial charge in [0.2, 0.25) is 0 Å². The third-order valence-electron chi connectivity index (χ3n) is 6.18. The van der Waals surface area contributed by atoms with Crippen LogP contribution in [0.2, 0.25) is 0 Å². The molecule has 1 saturated carbocycles. The second kappa shape index (κ2) is 6.76. The van der Waals surface area contributed by atoms with Gasteiger partial charge in [0.05, 0.1) is 11.7 Å². The van der Waals surface area contributed by atoms with Gasteiger partial charge in [0, 0.05) is 52.0 Å². The molecule has 126 valence electrons. The van der Waals surface area contributed by atoms with E-state index in [9.17, 15) is 0 Å². The van der Waals surface area contributed by atoms with Crippen LogP contribution in [0, 0.1) is 5.92 Å². The van der Waals surface area contributed by atoms with Crippen LogP contribution in [-0.2, 0) is 14.2 Å². The molecular weight excluding hydrogens is 278 g/mol. The zero-order valence-electron chi connectivity index (χ0n) is 13.8. The zero-order chi connectivity index (χ0) is 14.8. The van der Waals surface area contributed by atoms with Crippen molar-refractivity contribution in [2.45, 2.75) is 69.1 Å². The summed E-state index contributed by atoms with van der Waals surface area (Å²) in [5.41, 5.74) is 0.108. The number of hydrogen-bond acceptors (Lipinski definition) is 4. The topological polar surface area (TPSA) is 30.9 Å². The van der Waals surface area contributed by atoms with E-state index >= 15 is 0 Å². The fourth-order valence-corrected chi connectivity index (χ4v) is 4.80. The van der Waals surface area contributed by atoms with Crippen LogP contribution in [-0.4, -0.2) is 62.2 Å². The molecule has 0 radical (unpaired) electrons. The summed E-state index contributed by atoms with van der Waals surface area (Å²) in [4.78, 5) is 2.61. The molecule has 3 aliphatic heterocycles. The van der Waals surface area contributed by atoms with Crippen molar-refractivity contribution in [3.8, 4) is 0 Å². The predicted molar refractivity (Wildman–Crippen MR) is 85.0 cm³/mol. The maximum atomic E-state index is 6.26. The van der Waals surface area contributed by atoms with Crippen molar-refractivity contribution in [1.82, 2.24) is 4.90 Å². The Labute approximate surface area is 134 Å². The Morgan fingerprint density at radius 1 is 0.955 bits per heavy atom. The van der Waals surface area contributed by atoms with E-state index in [0.717, 1.165) is 64.3 Å². The molecule has 3 saturated heterocycles.